The van der Waals surface area contributed by atoms with Gasteiger partial charge in [0.1, 0.15) is 0 Å². The number of amides is 1. The van der Waals surface area contributed by atoms with Crippen molar-refractivity contribution in [3.63, 3.8) is 0 Å². The molecule has 23 heavy (non-hydrogen) atoms. The summed E-state index contributed by atoms with van der Waals surface area (Å²) in [7, 11) is 0. The van der Waals surface area contributed by atoms with E-state index in [4.69, 9.17) is 12.2 Å². The van der Waals surface area contributed by atoms with Crippen LogP contribution in [0.15, 0.2) is 24.3 Å². The zero-order valence-electron chi connectivity index (χ0n) is 14.2. The average molecular weight is 334 g/mol. The highest BCUT2D eigenvalue weighted by Crippen LogP contribution is 2.12. The van der Waals surface area contributed by atoms with Gasteiger partial charge in [0.2, 0.25) is 0 Å². The molecule has 0 atom stereocenters. The molecule has 0 aromatic heterocycles. The first kappa shape index (κ1) is 17.9. The fourth-order valence-corrected chi connectivity index (χ4v) is 3.11. The molecule has 1 fully saturated rings. The van der Waals surface area contributed by atoms with Gasteiger partial charge in [-0.15, -0.1) is 0 Å². The van der Waals surface area contributed by atoms with Crippen LogP contribution in [0.25, 0.3) is 0 Å². The van der Waals surface area contributed by atoms with E-state index in [9.17, 15) is 4.79 Å². The van der Waals surface area contributed by atoms with E-state index in [0.717, 1.165) is 63.1 Å². The Morgan fingerprint density at radius 1 is 1.17 bits per heavy atom. The van der Waals surface area contributed by atoms with Crippen LogP contribution in [0.2, 0.25) is 0 Å². The zero-order valence-corrected chi connectivity index (χ0v) is 15.0. The van der Waals surface area contributed by atoms with Crippen LogP contribution in [0.5, 0.6) is 0 Å². The van der Waals surface area contributed by atoms with Gasteiger partial charge in [0.05, 0.1) is 0 Å². The van der Waals surface area contributed by atoms with Crippen molar-refractivity contribution in [2.45, 2.75) is 33.1 Å². The quantitative estimate of drug-likeness (QED) is 0.841. The molecule has 1 aromatic carbocycles. The van der Waals surface area contributed by atoms with Gasteiger partial charge in [-0.3, -0.25) is 10.1 Å². The fourth-order valence-electron chi connectivity index (χ4n) is 2.84. The molecule has 126 valence electrons. The largest absolute Gasteiger partial charge is 0.346 e. The maximum Gasteiger partial charge on any atom is 0.257 e. The van der Waals surface area contributed by atoms with Crippen molar-refractivity contribution in [3.8, 4) is 0 Å². The molecule has 4 nitrogen and oxygen atoms in total. The summed E-state index contributed by atoms with van der Waals surface area (Å²) < 4.78 is 0. The highest BCUT2D eigenvalue weighted by Gasteiger charge is 2.20. The summed E-state index contributed by atoms with van der Waals surface area (Å²) >= 11 is 5.43. The Hall–Kier alpha value is -1.46. The lowest BCUT2D eigenvalue weighted by Crippen LogP contribution is -2.52. The van der Waals surface area contributed by atoms with E-state index in [0.29, 0.717) is 5.11 Å². The second-order valence-electron chi connectivity index (χ2n) is 5.94. The van der Waals surface area contributed by atoms with E-state index >= 15 is 0 Å². The number of likely N-dealkylation sites (N-methyl/N-ethyl adjacent to an activating group) is 1. The van der Waals surface area contributed by atoms with E-state index in [2.05, 4.69) is 29.0 Å². The highest BCUT2D eigenvalue weighted by atomic mass is 32.1. The van der Waals surface area contributed by atoms with Gasteiger partial charge >= 0.3 is 0 Å². The molecule has 0 unspecified atom stereocenters. The lowest BCUT2D eigenvalue weighted by Gasteiger charge is -2.35. The van der Waals surface area contributed by atoms with Crippen molar-refractivity contribution >= 4 is 23.2 Å². The summed E-state index contributed by atoms with van der Waals surface area (Å²) in [6.07, 6.45) is 3.14. The van der Waals surface area contributed by atoms with Crippen LogP contribution in [0.1, 0.15) is 42.6 Å². The van der Waals surface area contributed by atoms with Crippen LogP contribution in [0.4, 0.5) is 0 Å². The second kappa shape index (κ2) is 8.99. The summed E-state index contributed by atoms with van der Waals surface area (Å²) in [5.41, 5.74) is 1.85. The van der Waals surface area contributed by atoms with Crippen LogP contribution in [-0.2, 0) is 6.42 Å². The zero-order chi connectivity index (χ0) is 16.7. The van der Waals surface area contributed by atoms with E-state index in [1.807, 2.05) is 24.3 Å². The topological polar surface area (TPSA) is 35.6 Å². The monoisotopic (exact) mass is 333 g/mol. The van der Waals surface area contributed by atoms with Crippen LogP contribution in [-0.4, -0.2) is 53.5 Å². The second-order valence-corrected chi connectivity index (χ2v) is 6.33. The van der Waals surface area contributed by atoms with Crippen LogP contribution < -0.4 is 5.32 Å². The molecule has 1 N–H and O–H groups in total. The fraction of sp³-hybridized carbons (Fsp3) is 0.556. The molecule has 1 heterocycles. The van der Waals surface area contributed by atoms with Gasteiger partial charge in [-0.2, -0.15) is 0 Å². The molecular formula is C18H27N3OS. The van der Waals surface area contributed by atoms with Crippen molar-refractivity contribution < 1.29 is 4.79 Å². The number of nitrogens with one attached hydrogen (secondary N) is 1. The van der Waals surface area contributed by atoms with Crippen LogP contribution in [0.3, 0.4) is 0 Å². The Kier molecular flexibility index (Phi) is 6.99. The predicted molar refractivity (Wildman–Crippen MR) is 98.8 cm³/mol. The van der Waals surface area contributed by atoms with Gasteiger partial charge in [0.25, 0.3) is 5.91 Å². The molecule has 0 radical (unpaired) electrons. The minimum Gasteiger partial charge on any atom is -0.346 e. The van der Waals surface area contributed by atoms with Crippen molar-refractivity contribution in [3.05, 3.63) is 35.4 Å². The number of piperazine rings is 1. The van der Waals surface area contributed by atoms with Gasteiger partial charge in [-0.1, -0.05) is 38.5 Å². The number of hydrogen-bond acceptors (Lipinski definition) is 3. The molecule has 2 rings (SSSR count). The maximum absolute atomic E-state index is 12.6. The third-order valence-electron chi connectivity index (χ3n) is 4.39. The molecule has 1 aliphatic heterocycles. The number of unbranched alkanes of at least 4 members (excludes halogenated alkanes) is 1. The molecule has 1 aliphatic rings. The SMILES string of the molecule is CCCCc1ccccc1C(=O)NC(=S)N1CCN(CC)CC1. The van der Waals surface area contributed by atoms with Gasteiger partial charge < -0.3 is 9.80 Å². The van der Waals surface area contributed by atoms with E-state index in [-0.39, 0.29) is 5.91 Å². The summed E-state index contributed by atoms with van der Waals surface area (Å²) in [5, 5.41) is 3.47. The Morgan fingerprint density at radius 3 is 2.52 bits per heavy atom. The molecular weight excluding hydrogens is 306 g/mol. The third kappa shape index (κ3) is 5.01. The third-order valence-corrected chi connectivity index (χ3v) is 4.75. The lowest BCUT2D eigenvalue weighted by molar-refractivity contribution is 0.0969. The normalized spacial score (nSPS) is 15.5. The Labute approximate surface area is 144 Å². The lowest BCUT2D eigenvalue weighted by atomic mass is 10.0. The number of benzene rings is 1. The molecule has 0 saturated carbocycles. The predicted octanol–water partition coefficient (Wildman–Crippen LogP) is 2.68. The first-order valence-electron chi connectivity index (χ1n) is 8.56. The molecule has 1 aromatic rings. The smallest absolute Gasteiger partial charge is 0.257 e. The van der Waals surface area contributed by atoms with E-state index < -0.39 is 0 Å². The number of carbonyl (C=O) groups excluding carboxylic acids is 1. The number of rotatable bonds is 5. The van der Waals surface area contributed by atoms with Gasteiger partial charge in [0, 0.05) is 31.7 Å². The summed E-state index contributed by atoms with van der Waals surface area (Å²) in [6, 6.07) is 7.82. The molecule has 1 amide bonds. The molecule has 0 aliphatic carbocycles. The van der Waals surface area contributed by atoms with Crippen LogP contribution >= 0.6 is 12.2 Å². The number of nitrogens with zero attached hydrogens (tertiary/aromatic N) is 2. The Balaban J connectivity index is 1.95. The van der Waals surface area contributed by atoms with E-state index in [1.54, 1.807) is 0 Å². The number of hydrogen-bond donors (Lipinski definition) is 1. The van der Waals surface area contributed by atoms with Crippen molar-refractivity contribution in [1.29, 1.82) is 0 Å². The Morgan fingerprint density at radius 2 is 1.87 bits per heavy atom. The van der Waals surface area contributed by atoms with E-state index in [1.165, 1.54) is 0 Å². The number of aryl methyl sites for hydroxylation is 1. The van der Waals surface area contributed by atoms with Crippen molar-refractivity contribution in [1.82, 2.24) is 15.1 Å². The standard InChI is InChI=1S/C18H27N3OS/c1-3-5-8-15-9-6-7-10-16(15)17(22)19-18(23)21-13-11-20(4-2)12-14-21/h6-7,9-10H,3-5,8,11-14H2,1-2H3,(H,19,22,23). The average Bonchev–Trinajstić information content (AvgIpc) is 2.60. The highest BCUT2D eigenvalue weighted by molar-refractivity contribution is 7.80. The maximum atomic E-state index is 12.6. The summed E-state index contributed by atoms with van der Waals surface area (Å²) in [6.45, 7) is 9.16. The summed E-state index contributed by atoms with van der Waals surface area (Å²) in [5.74, 6) is -0.0837. The first-order chi connectivity index (χ1) is 11.2. The first-order valence-corrected chi connectivity index (χ1v) is 8.97. The van der Waals surface area contributed by atoms with Gasteiger partial charge in [-0.25, -0.2) is 0 Å². The van der Waals surface area contributed by atoms with Crippen molar-refractivity contribution in [2.75, 3.05) is 32.7 Å². The number of carbonyl (C=O) groups is 1. The Bertz CT molecular complexity index is 539. The molecule has 0 bridgehead atoms. The van der Waals surface area contributed by atoms with Gasteiger partial charge in [-0.05, 0) is 43.2 Å². The summed E-state index contributed by atoms with van der Waals surface area (Å²) in [4.78, 5) is 17.0. The number of thiocarbonyl (C=S) groups is 1. The van der Waals surface area contributed by atoms with Crippen LogP contribution in [0, 0.1) is 0 Å². The molecule has 5 heteroatoms. The van der Waals surface area contributed by atoms with Gasteiger partial charge in [0.15, 0.2) is 5.11 Å². The minimum atomic E-state index is -0.0837. The molecule has 1 saturated heterocycles. The molecule has 0 spiro atoms. The minimum absolute atomic E-state index is 0.0837. The van der Waals surface area contributed by atoms with Crippen molar-refractivity contribution in [2.24, 2.45) is 0 Å².